The molecule has 2 amide bonds. The second kappa shape index (κ2) is 4.62. The molecule has 0 saturated carbocycles. The van der Waals surface area contributed by atoms with Gasteiger partial charge < -0.3 is 5.32 Å². The quantitative estimate of drug-likeness (QED) is 0.796. The van der Waals surface area contributed by atoms with Gasteiger partial charge in [0, 0.05) is 18.0 Å². The van der Waals surface area contributed by atoms with Crippen molar-refractivity contribution in [1.82, 2.24) is 10.2 Å². The zero-order valence-corrected chi connectivity index (χ0v) is 12.1. The first-order chi connectivity index (χ1) is 9.50. The van der Waals surface area contributed by atoms with Gasteiger partial charge in [-0.3, -0.25) is 14.5 Å². The third kappa shape index (κ3) is 1.99. The molecule has 3 rings (SSSR count). The van der Waals surface area contributed by atoms with Crippen LogP contribution in [0.4, 0.5) is 0 Å². The Morgan fingerprint density at radius 3 is 2.70 bits per heavy atom. The fraction of sp³-hybridized carbons (Fsp3) is 0.500. The third-order valence-electron chi connectivity index (χ3n) is 4.49. The number of hydrogen-bond acceptors (Lipinski definition) is 2. The maximum absolute atomic E-state index is 12.4. The summed E-state index contributed by atoms with van der Waals surface area (Å²) in [5.74, 6) is 0.189. The summed E-state index contributed by atoms with van der Waals surface area (Å²) in [5, 5.41) is 2.92. The molecule has 0 aromatic rings. The summed E-state index contributed by atoms with van der Waals surface area (Å²) in [6, 6.07) is -0.253. The van der Waals surface area contributed by atoms with Gasteiger partial charge in [0.15, 0.2) is 0 Å². The fourth-order valence-electron chi connectivity index (χ4n) is 2.81. The van der Waals surface area contributed by atoms with Crippen molar-refractivity contribution in [2.45, 2.75) is 39.3 Å². The van der Waals surface area contributed by atoms with Gasteiger partial charge in [0.05, 0.1) is 6.04 Å². The van der Waals surface area contributed by atoms with Crippen molar-refractivity contribution in [3.63, 3.8) is 0 Å². The minimum Gasteiger partial charge on any atom is -0.344 e. The van der Waals surface area contributed by atoms with Gasteiger partial charge in [-0.15, -0.1) is 0 Å². The standard InChI is InChI=1S/C16H20N2O2/c1-9(2)10(3)15(19)17-12-8-11-6-4-5-7-13-14(11)18(13)16(12)20/h4-7,9-10,12,14H,8H2,1-3H3,(H,17,19)/t10-,12-,14?,18?/m0/s1. The van der Waals surface area contributed by atoms with Crippen LogP contribution in [0.5, 0.6) is 0 Å². The van der Waals surface area contributed by atoms with E-state index < -0.39 is 6.04 Å². The number of piperidine rings is 1. The van der Waals surface area contributed by atoms with Crippen molar-refractivity contribution in [3.8, 4) is 0 Å². The molecule has 0 spiro atoms. The molecule has 2 aliphatic heterocycles. The number of hydrogen-bond donors (Lipinski definition) is 1. The van der Waals surface area contributed by atoms with E-state index in [4.69, 9.17) is 0 Å². The summed E-state index contributed by atoms with van der Waals surface area (Å²) >= 11 is 0. The van der Waals surface area contributed by atoms with Crippen LogP contribution in [0.25, 0.3) is 0 Å². The van der Waals surface area contributed by atoms with E-state index in [0.29, 0.717) is 6.42 Å². The van der Waals surface area contributed by atoms with Crippen LogP contribution in [0.1, 0.15) is 27.2 Å². The molecule has 3 atom stereocenters. The Balaban J connectivity index is 1.75. The number of carbonyl (C=O) groups excluding carboxylic acids is 2. The lowest BCUT2D eigenvalue weighted by Gasteiger charge is -2.26. The lowest BCUT2D eigenvalue weighted by Crippen LogP contribution is -2.49. The van der Waals surface area contributed by atoms with E-state index >= 15 is 0 Å². The monoisotopic (exact) mass is 272 g/mol. The first-order valence-electron chi connectivity index (χ1n) is 7.21. The Morgan fingerprint density at radius 2 is 2.00 bits per heavy atom. The Labute approximate surface area is 119 Å². The first-order valence-corrected chi connectivity index (χ1v) is 7.21. The number of allylic oxidation sites excluding steroid dienone is 4. The third-order valence-corrected chi connectivity index (χ3v) is 4.49. The molecule has 106 valence electrons. The molecule has 1 unspecified atom stereocenters. The molecule has 2 fully saturated rings. The van der Waals surface area contributed by atoms with Gasteiger partial charge in [0.25, 0.3) is 5.91 Å². The van der Waals surface area contributed by atoms with Gasteiger partial charge in [-0.05, 0) is 17.6 Å². The number of rotatable bonds is 3. The van der Waals surface area contributed by atoms with Crippen molar-refractivity contribution in [1.29, 1.82) is 0 Å². The molecule has 20 heavy (non-hydrogen) atoms. The smallest absolute Gasteiger partial charge is 0.250 e. The lowest BCUT2D eigenvalue weighted by molar-refractivity contribution is -0.134. The molecule has 0 aromatic carbocycles. The van der Waals surface area contributed by atoms with Crippen LogP contribution in [0.3, 0.4) is 0 Å². The minimum atomic E-state index is -0.413. The lowest BCUT2D eigenvalue weighted by atomic mass is 9.95. The summed E-state index contributed by atoms with van der Waals surface area (Å²) in [6.45, 7) is 5.94. The van der Waals surface area contributed by atoms with Gasteiger partial charge in [0.1, 0.15) is 6.04 Å². The molecular formula is C16H20N2O2. The summed E-state index contributed by atoms with van der Waals surface area (Å²) in [4.78, 5) is 26.3. The summed E-state index contributed by atoms with van der Waals surface area (Å²) < 4.78 is 0. The maximum Gasteiger partial charge on any atom is 0.250 e. The predicted octanol–water partition coefficient (Wildman–Crippen LogP) is 1.76. The number of nitrogens with zero attached hydrogens (tertiary/aromatic N) is 1. The summed E-state index contributed by atoms with van der Waals surface area (Å²) in [7, 11) is 0. The molecule has 2 heterocycles. The van der Waals surface area contributed by atoms with E-state index in [2.05, 4.69) is 11.4 Å². The molecule has 2 saturated heterocycles. The van der Waals surface area contributed by atoms with Gasteiger partial charge in [-0.1, -0.05) is 39.0 Å². The number of nitrogens with one attached hydrogen (secondary N) is 1. The van der Waals surface area contributed by atoms with E-state index in [1.165, 1.54) is 5.57 Å². The highest BCUT2D eigenvalue weighted by Gasteiger charge is 2.54. The fourth-order valence-corrected chi connectivity index (χ4v) is 2.81. The Bertz CT molecular complexity index is 557. The maximum atomic E-state index is 12.4. The second-order valence-corrected chi connectivity index (χ2v) is 6.13. The highest BCUT2D eigenvalue weighted by molar-refractivity contribution is 5.95. The zero-order valence-electron chi connectivity index (χ0n) is 12.1. The largest absolute Gasteiger partial charge is 0.344 e. The van der Waals surface area contributed by atoms with Crippen LogP contribution >= 0.6 is 0 Å². The van der Waals surface area contributed by atoms with Gasteiger partial charge in [-0.25, -0.2) is 0 Å². The average Bonchev–Trinajstić information content (AvgIpc) is 3.14. The van der Waals surface area contributed by atoms with E-state index in [1.807, 2.05) is 39.0 Å². The van der Waals surface area contributed by atoms with E-state index in [1.54, 1.807) is 4.90 Å². The highest BCUT2D eigenvalue weighted by Crippen LogP contribution is 2.45. The first kappa shape index (κ1) is 13.2. The highest BCUT2D eigenvalue weighted by atomic mass is 16.2. The van der Waals surface area contributed by atoms with Gasteiger partial charge >= 0.3 is 0 Å². The van der Waals surface area contributed by atoms with Gasteiger partial charge in [0.2, 0.25) is 5.91 Å². The number of fused-ring (bicyclic) bond motifs is 1. The predicted molar refractivity (Wildman–Crippen MR) is 76.5 cm³/mol. The van der Waals surface area contributed by atoms with Crippen molar-refractivity contribution in [2.24, 2.45) is 11.8 Å². The van der Waals surface area contributed by atoms with Gasteiger partial charge in [-0.2, -0.15) is 0 Å². The topological polar surface area (TPSA) is 49.2 Å². The molecular weight excluding hydrogens is 252 g/mol. The van der Waals surface area contributed by atoms with Crippen LogP contribution in [-0.2, 0) is 9.59 Å². The molecule has 1 N–H and O–H groups in total. The molecule has 1 aliphatic carbocycles. The van der Waals surface area contributed by atoms with E-state index in [-0.39, 0.29) is 29.7 Å². The van der Waals surface area contributed by atoms with Crippen LogP contribution in [0.2, 0.25) is 0 Å². The van der Waals surface area contributed by atoms with Crippen LogP contribution in [0, 0.1) is 11.8 Å². The number of carbonyl (C=O) groups is 2. The number of amides is 2. The van der Waals surface area contributed by atoms with Crippen molar-refractivity contribution < 1.29 is 9.59 Å². The Morgan fingerprint density at radius 1 is 1.30 bits per heavy atom. The van der Waals surface area contributed by atoms with Crippen LogP contribution in [0.15, 0.2) is 35.6 Å². The molecule has 3 aliphatic rings. The second-order valence-electron chi connectivity index (χ2n) is 6.13. The van der Waals surface area contributed by atoms with E-state index in [0.717, 1.165) is 5.70 Å². The van der Waals surface area contributed by atoms with Crippen LogP contribution in [-0.4, -0.2) is 28.8 Å². The van der Waals surface area contributed by atoms with Crippen molar-refractivity contribution in [3.05, 3.63) is 35.6 Å². The molecule has 4 nitrogen and oxygen atoms in total. The SMILES string of the molecule is CC(C)[C@H](C)C(=O)N[C@H]1CC2=CC=CC=C3C2N3C1=O. The molecule has 0 radical (unpaired) electrons. The molecule has 0 bridgehead atoms. The van der Waals surface area contributed by atoms with Crippen LogP contribution < -0.4 is 5.32 Å². The minimum absolute atomic E-state index is 0.0259. The van der Waals surface area contributed by atoms with E-state index in [9.17, 15) is 9.59 Å². The Hall–Kier alpha value is -1.84. The normalized spacial score (nSPS) is 28.4. The Kier molecular flexibility index (Phi) is 3.04. The van der Waals surface area contributed by atoms with Crippen molar-refractivity contribution in [2.75, 3.05) is 0 Å². The van der Waals surface area contributed by atoms with Crippen molar-refractivity contribution >= 4 is 11.8 Å². The average molecular weight is 272 g/mol. The molecule has 0 aromatic heterocycles. The zero-order chi connectivity index (χ0) is 14.4. The summed E-state index contributed by atoms with van der Waals surface area (Å²) in [5.41, 5.74) is 2.27. The molecule has 4 heteroatoms. The summed E-state index contributed by atoms with van der Waals surface area (Å²) in [6.07, 6.45) is 8.62.